The molecular formula is C10H16O2S. The predicted molar refractivity (Wildman–Crippen MR) is 54.1 cm³/mol. The molecule has 0 bridgehead atoms. The van der Waals surface area contributed by atoms with Crippen LogP contribution in [-0.4, -0.2) is 29.0 Å². The van der Waals surface area contributed by atoms with Gasteiger partial charge >= 0.3 is 0 Å². The highest BCUT2D eigenvalue weighted by Crippen LogP contribution is 2.35. The summed E-state index contributed by atoms with van der Waals surface area (Å²) in [5.74, 6) is 0.462. The second-order valence-corrected chi connectivity index (χ2v) is 5.33. The first kappa shape index (κ1) is 9.53. The number of ketones is 1. The molecule has 2 nitrogen and oxygen atoms in total. The van der Waals surface area contributed by atoms with Crippen LogP contribution in [0.1, 0.15) is 32.6 Å². The Balaban J connectivity index is 1.86. The van der Waals surface area contributed by atoms with E-state index in [1.54, 1.807) is 0 Å². The molecular weight excluding hydrogens is 184 g/mol. The summed E-state index contributed by atoms with van der Waals surface area (Å²) in [7, 11) is 0. The molecule has 0 radical (unpaired) electrons. The van der Waals surface area contributed by atoms with Crippen molar-refractivity contribution in [1.82, 2.24) is 0 Å². The molecule has 1 saturated carbocycles. The van der Waals surface area contributed by atoms with Gasteiger partial charge in [0.1, 0.15) is 5.78 Å². The lowest BCUT2D eigenvalue weighted by Crippen LogP contribution is -2.20. The van der Waals surface area contributed by atoms with E-state index in [9.17, 15) is 4.79 Å². The second kappa shape index (κ2) is 4.01. The van der Waals surface area contributed by atoms with Crippen molar-refractivity contribution in [3.63, 3.8) is 0 Å². The lowest BCUT2D eigenvalue weighted by molar-refractivity contribution is -0.116. The normalized spacial score (nSPS) is 40.1. The second-order valence-electron chi connectivity index (χ2n) is 3.89. The molecule has 0 amide bonds. The van der Waals surface area contributed by atoms with Gasteiger partial charge in [-0.1, -0.05) is 0 Å². The Kier molecular flexibility index (Phi) is 2.94. The number of carbonyl (C=O) groups is 1. The molecule has 74 valence electrons. The molecule has 1 aliphatic carbocycles. The van der Waals surface area contributed by atoms with Crippen LogP contribution in [0, 0.1) is 0 Å². The summed E-state index contributed by atoms with van der Waals surface area (Å²) in [6, 6.07) is 0. The SMILES string of the molecule is CC1OCCC1SC1CCCC1=O. The van der Waals surface area contributed by atoms with Gasteiger partial charge in [-0.3, -0.25) is 4.79 Å². The fraction of sp³-hybridized carbons (Fsp3) is 0.900. The summed E-state index contributed by atoms with van der Waals surface area (Å²) in [6.07, 6.45) is 4.46. The van der Waals surface area contributed by atoms with E-state index < -0.39 is 0 Å². The number of thioether (sulfide) groups is 1. The molecule has 1 heterocycles. The van der Waals surface area contributed by atoms with Gasteiger partial charge in [0.2, 0.25) is 0 Å². The van der Waals surface area contributed by atoms with Gasteiger partial charge in [0.25, 0.3) is 0 Å². The van der Waals surface area contributed by atoms with Crippen molar-refractivity contribution < 1.29 is 9.53 Å². The van der Waals surface area contributed by atoms with E-state index in [2.05, 4.69) is 6.92 Å². The molecule has 13 heavy (non-hydrogen) atoms. The Hall–Kier alpha value is -0.0200. The van der Waals surface area contributed by atoms with Crippen LogP contribution in [0.3, 0.4) is 0 Å². The summed E-state index contributed by atoms with van der Waals surface area (Å²) < 4.78 is 5.48. The molecule has 0 aromatic carbocycles. The lowest BCUT2D eigenvalue weighted by Gasteiger charge is -2.16. The van der Waals surface area contributed by atoms with Gasteiger partial charge in [0.15, 0.2) is 0 Å². The Labute approximate surface area is 83.4 Å². The van der Waals surface area contributed by atoms with Gasteiger partial charge in [0, 0.05) is 18.3 Å². The van der Waals surface area contributed by atoms with E-state index >= 15 is 0 Å². The van der Waals surface area contributed by atoms with Gasteiger partial charge in [-0.15, -0.1) is 11.8 Å². The minimum atomic E-state index is 0.286. The molecule has 0 aromatic heterocycles. The van der Waals surface area contributed by atoms with Crippen LogP contribution in [0.4, 0.5) is 0 Å². The zero-order valence-corrected chi connectivity index (χ0v) is 8.81. The Morgan fingerprint density at radius 1 is 1.46 bits per heavy atom. The molecule has 3 heteroatoms. The van der Waals surface area contributed by atoms with E-state index in [1.807, 2.05) is 11.8 Å². The largest absolute Gasteiger partial charge is 0.377 e. The van der Waals surface area contributed by atoms with Crippen LogP contribution in [0.2, 0.25) is 0 Å². The number of rotatable bonds is 2. The predicted octanol–water partition coefficient (Wildman–Crippen LogP) is 2.02. The maximum atomic E-state index is 11.4. The zero-order chi connectivity index (χ0) is 9.26. The van der Waals surface area contributed by atoms with Crippen LogP contribution in [0.5, 0.6) is 0 Å². The van der Waals surface area contributed by atoms with E-state index in [0.29, 0.717) is 17.1 Å². The summed E-state index contributed by atoms with van der Waals surface area (Å²) in [5, 5.41) is 0.848. The first-order valence-corrected chi connectivity index (χ1v) is 6.01. The molecule has 0 aromatic rings. The summed E-state index contributed by atoms with van der Waals surface area (Å²) in [4.78, 5) is 11.4. The minimum Gasteiger partial charge on any atom is -0.377 e. The molecule has 1 aliphatic heterocycles. The van der Waals surface area contributed by atoms with Crippen LogP contribution in [0.25, 0.3) is 0 Å². The molecule has 0 N–H and O–H groups in total. The standard InChI is InChI=1S/C10H16O2S/c1-7-9(5-6-12-7)13-10-4-2-3-8(10)11/h7,9-10H,2-6H2,1H3. The minimum absolute atomic E-state index is 0.286. The maximum Gasteiger partial charge on any atom is 0.145 e. The third-order valence-corrected chi connectivity index (χ3v) is 4.69. The Bertz CT molecular complexity index is 205. The first-order chi connectivity index (χ1) is 6.27. The third-order valence-electron chi connectivity index (χ3n) is 2.89. The molecule has 3 unspecified atom stereocenters. The molecule has 2 rings (SSSR count). The summed E-state index contributed by atoms with van der Waals surface area (Å²) in [6.45, 7) is 2.99. The van der Waals surface area contributed by atoms with Crippen LogP contribution in [0.15, 0.2) is 0 Å². The van der Waals surface area contributed by atoms with Gasteiger partial charge < -0.3 is 4.74 Å². The Morgan fingerprint density at radius 3 is 2.85 bits per heavy atom. The number of carbonyl (C=O) groups excluding carboxylic acids is 1. The number of ether oxygens (including phenoxy) is 1. The van der Waals surface area contributed by atoms with Crippen molar-refractivity contribution in [3.8, 4) is 0 Å². The average molecular weight is 200 g/mol. The fourth-order valence-corrected chi connectivity index (χ4v) is 3.56. The average Bonchev–Trinajstić information content (AvgIpc) is 2.65. The lowest BCUT2D eigenvalue weighted by atomic mass is 10.3. The topological polar surface area (TPSA) is 26.3 Å². The van der Waals surface area contributed by atoms with Crippen molar-refractivity contribution in [2.45, 2.75) is 49.2 Å². The van der Waals surface area contributed by atoms with E-state index in [1.165, 1.54) is 0 Å². The van der Waals surface area contributed by atoms with Crippen molar-refractivity contribution >= 4 is 17.5 Å². The molecule has 2 fully saturated rings. The Morgan fingerprint density at radius 2 is 2.31 bits per heavy atom. The highest BCUT2D eigenvalue weighted by Gasteiger charge is 2.32. The third kappa shape index (κ3) is 2.08. The molecule has 3 atom stereocenters. The number of Topliss-reactive ketones (excluding diaryl/α,β-unsaturated/α-hetero) is 1. The van der Waals surface area contributed by atoms with Crippen molar-refractivity contribution in [2.75, 3.05) is 6.61 Å². The van der Waals surface area contributed by atoms with Gasteiger partial charge in [-0.25, -0.2) is 0 Å². The molecule has 0 spiro atoms. The van der Waals surface area contributed by atoms with Gasteiger partial charge in [-0.05, 0) is 26.2 Å². The number of hydrogen-bond acceptors (Lipinski definition) is 3. The fourth-order valence-electron chi connectivity index (χ4n) is 2.03. The highest BCUT2D eigenvalue weighted by molar-refractivity contribution is 8.01. The van der Waals surface area contributed by atoms with Gasteiger partial charge in [-0.2, -0.15) is 0 Å². The monoisotopic (exact) mass is 200 g/mol. The van der Waals surface area contributed by atoms with Crippen LogP contribution >= 0.6 is 11.8 Å². The van der Waals surface area contributed by atoms with Crippen molar-refractivity contribution in [2.24, 2.45) is 0 Å². The van der Waals surface area contributed by atoms with E-state index in [-0.39, 0.29) is 5.25 Å². The summed E-state index contributed by atoms with van der Waals surface area (Å²) in [5.41, 5.74) is 0. The van der Waals surface area contributed by atoms with Crippen molar-refractivity contribution in [3.05, 3.63) is 0 Å². The van der Waals surface area contributed by atoms with Crippen LogP contribution < -0.4 is 0 Å². The summed E-state index contributed by atoms with van der Waals surface area (Å²) >= 11 is 1.86. The smallest absolute Gasteiger partial charge is 0.145 e. The number of hydrogen-bond donors (Lipinski definition) is 0. The van der Waals surface area contributed by atoms with E-state index in [0.717, 1.165) is 32.3 Å². The van der Waals surface area contributed by atoms with Crippen LogP contribution in [-0.2, 0) is 9.53 Å². The maximum absolute atomic E-state index is 11.4. The quantitative estimate of drug-likeness (QED) is 0.682. The van der Waals surface area contributed by atoms with Crippen molar-refractivity contribution in [1.29, 1.82) is 0 Å². The highest BCUT2D eigenvalue weighted by atomic mass is 32.2. The van der Waals surface area contributed by atoms with Gasteiger partial charge in [0.05, 0.1) is 11.4 Å². The van der Waals surface area contributed by atoms with E-state index in [4.69, 9.17) is 4.74 Å². The molecule has 2 aliphatic rings. The molecule has 1 saturated heterocycles. The zero-order valence-electron chi connectivity index (χ0n) is 7.99. The first-order valence-electron chi connectivity index (χ1n) is 5.07.